The predicted molar refractivity (Wildman–Crippen MR) is 162 cm³/mol. The second-order valence-corrected chi connectivity index (χ2v) is 11.4. The minimum absolute atomic E-state index is 0.0102. The van der Waals surface area contributed by atoms with Crippen molar-refractivity contribution in [1.29, 1.82) is 0 Å². The number of carboxylic acids is 1. The maximum absolute atomic E-state index is 15.2. The Labute approximate surface area is 271 Å². The summed E-state index contributed by atoms with van der Waals surface area (Å²) in [7, 11) is 0. The van der Waals surface area contributed by atoms with Crippen LogP contribution in [0.15, 0.2) is 48.5 Å². The lowest BCUT2D eigenvalue weighted by molar-refractivity contribution is -0.141. The fourth-order valence-corrected chi connectivity index (χ4v) is 4.30. The highest BCUT2D eigenvalue weighted by molar-refractivity contribution is 6.31. The smallest absolute Gasteiger partial charge is 0.416 e. The molecule has 0 bridgehead atoms. The molecule has 0 radical (unpaired) electrons. The van der Waals surface area contributed by atoms with E-state index in [0.717, 1.165) is 6.07 Å². The van der Waals surface area contributed by atoms with Crippen molar-refractivity contribution in [3.05, 3.63) is 93.0 Å². The molecule has 248 valence electrons. The standard InChI is InChI=1S/C33H28ClF5N2O6/c1-17(11-28(43)44)31(46)41-32(3,4)10-9-19-5-7-25(18(2)29(19)36)40-27(42)16-47-26-8-6-22(34)15-24(26)30(45)20-12-21(33(37,38)39)14-23(35)13-20/h5-8,12-15,17H,11,16H2,1-4H3,(H,40,42)(H,41,46)(H,43,44)/t17-/m1/s1. The molecule has 0 aliphatic rings. The zero-order chi connectivity index (χ0) is 35.3. The topological polar surface area (TPSA) is 122 Å². The Morgan fingerprint density at radius 2 is 1.70 bits per heavy atom. The quantitative estimate of drug-likeness (QED) is 0.127. The largest absolute Gasteiger partial charge is 0.483 e. The van der Waals surface area contributed by atoms with Crippen molar-refractivity contribution in [2.45, 2.75) is 45.8 Å². The van der Waals surface area contributed by atoms with E-state index in [2.05, 4.69) is 22.5 Å². The van der Waals surface area contributed by atoms with Crippen molar-refractivity contribution in [3.8, 4) is 17.6 Å². The van der Waals surface area contributed by atoms with E-state index in [1.165, 1.54) is 38.1 Å². The van der Waals surface area contributed by atoms with Gasteiger partial charge in [-0.1, -0.05) is 30.4 Å². The molecule has 2 amide bonds. The van der Waals surface area contributed by atoms with Gasteiger partial charge in [-0.2, -0.15) is 13.2 Å². The summed E-state index contributed by atoms with van der Waals surface area (Å²) in [4.78, 5) is 48.9. The number of hydrogen-bond donors (Lipinski definition) is 3. The molecule has 0 saturated heterocycles. The third-order valence-electron chi connectivity index (χ3n) is 6.57. The summed E-state index contributed by atoms with van der Waals surface area (Å²) in [5, 5.41) is 14.0. The minimum Gasteiger partial charge on any atom is -0.483 e. The molecule has 0 aromatic heterocycles. The number of carboxylic acid groups (broad SMARTS) is 1. The average molecular weight is 679 g/mol. The monoisotopic (exact) mass is 678 g/mol. The van der Waals surface area contributed by atoms with Crippen LogP contribution in [0.5, 0.6) is 5.75 Å². The van der Waals surface area contributed by atoms with Gasteiger partial charge in [0, 0.05) is 27.8 Å². The van der Waals surface area contributed by atoms with Crippen molar-refractivity contribution < 1.29 is 51.0 Å². The van der Waals surface area contributed by atoms with Crippen molar-refractivity contribution >= 4 is 40.9 Å². The molecule has 0 saturated carbocycles. The molecule has 3 aromatic carbocycles. The zero-order valence-electron chi connectivity index (χ0n) is 25.4. The minimum atomic E-state index is -4.91. The lowest BCUT2D eigenvalue weighted by atomic mass is 10.00. The number of benzene rings is 3. The van der Waals surface area contributed by atoms with E-state index in [1.807, 2.05) is 0 Å². The molecule has 3 rings (SSSR count). The Hall–Kier alpha value is -4.96. The molecule has 8 nitrogen and oxygen atoms in total. The van der Waals surface area contributed by atoms with Gasteiger partial charge in [-0.05, 0) is 69.3 Å². The van der Waals surface area contributed by atoms with Gasteiger partial charge in [0.15, 0.2) is 12.4 Å². The summed E-state index contributed by atoms with van der Waals surface area (Å²) >= 11 is 5.97. The molecule has 14 heteroatoms. The number of alkyl halides is 3. The molecule has 0 aliphatic heterocycles. The molecule has 47 heavy (non-hydrogen) atoms. The number of rotatable bonds is 10. The van der Waals surface area contributed by atoms with Gasteiger partial charge < -0.3 is 20.5 Å². The summed E-state index contributed by atoms with van der Waals surface area (Å²) < 4.78 is 74.1. The molecule has 0 fully saturated rings. The maximum atomic E-state index is 15.2. The summed E-state index contributed by atoms with van der Waals surface area (Å²) in [6.45, 7) is 5.23. The second-order valence-electron chi connectivity index (χ2n) is 11.0. The predicted octanol–water partition coefficient (Wildman–Crippen LogP) is 6.55. The molecular weight excluding hydrogens is 651 g/mol. The number of carbonyl (C=O) groups excluding carboxylic acids is 3. The normalized spacial score (nSPS) is 12.0. The third-order valence-corrected chi connectivity index (χ3v) is 6.80. The van der Waals surface area contributed by atoms with E-state index in [4.69, 9.17) is 21.4 Å². The van der Waals surface area contributed by atoms with Crippen LogP contribution in [0.25, 0.3) is 0 Å². The average Bonchev–Trinajstić information content (AvgIpc) is 2.96. The van der Waals surface area contributed by atoms with Gasteiger partial charge in [-0.25, -0.2) is 8.78 Å². The van der Waals surface area contributed by atoms with Crippen LogP contribution in [0.4, 0.5) is 27.6 Å². The Kier molecular flexibility index (Phi) is 11.4. The van der Waals surface area contributed by atoms with Crippen LogP contribution in [0.1, 0.15) is 59.8 Å². The summed E-state index contributed by atoms with van der Waals surface area (Å²) in [6, 6.07) is 7.63. The van der Waals surface area contributed by atoms with Crippen LogP contribution in [-0.4, -0.2) is 40.8 Å². The first-order chi connectivity index (χ1) is 21.8. The van der Waals surface area contributed by atoms with Crippen LogP contribution in [0, 0.1) is 36.3 Å². The molecule has 0 unspecified atom stereocenters. The van der Waals surface area contributed by atoms with Gasteiger partial charge in [-0.3, -0.25) is 19.2 Å². The summed E-state index contributed by atoms with van der Waals surface area (Å²) in [5.41, 5.74) is -3.44. The van der Waals surface area contributed by atoms with Crippen LogP contribution >= 0.6 is 11.6 Å². The van der Waals surface area contributed by atoms with Crippen molar-refractivity contribution in [2.75, 3.05) is 11.9 Å². The van der Waals surface area contributed by atoms with Crippen molar-refractivity contribution in [3.63, 3.8) is 0 Å². The number of ketones is 1. The molecule has 0 heterocycles. The van der Waals surface area contributed by atoms with E-state index in [9.17, 15) is 36.7 Å². The van der Waals surface area contributed by atoms with Gasteiger partial charge in [0.25, 0.3) is 5.91 Å². The summed E-state index contributed by atoms with van der Waals surface area (Å²) in [5.74, 6) is -1.23. The number of nitrogens with one attached hydrogen (secondary N) is 2. The van der Waals surface area contributed by atoms with Crippen LogP contribution in [0.2, 0.25) is 5.02 Å². The van der Waals surface area contributed by atoms with Crippen LogP contribution < -0.4 is 15.4 Å². The summed E-state index contributed by atoms with van der Waals surface area (Å²) in [6.07, 6.45) is -5.29. The fourth-order valence-electron chi connectivity index (χ4n) is 4.13. The van der Waals surface area contributed by atoms with Gasteiger partial charge in [-0.15, -0.1) is 0 Å². The second kappa shape index (κ2) is 14.6. The molecule has 0 spiro atoms. The number of hydrogen-bond acceptors (Lipinski definition) is 5. The highest BCUT2D eigenvalue weighted by atomic mass is 35.5. The Morgan fingerprint density at radius 3 is 2.34 bits per heavy atom. The van der Waals surface area contributed by atoms with Gasteiger partial charge in [0.1, 0.15) is 17.4 Å². The highest BCUT2D eigenvalue weighted by Gasteiger charge is 2.32. The SMILES string of the molecule is Cc1c(NC(=O)COc2ccc(Cl)cc2C(=O)c2cc(F)cc(C(F)(F)F)c2)ccc(C#CC(C)(C)NC(=O)[C@H](C)CC(=O)O)c1F. The van der Waals surface area contributed by atoms with E-state index >= 15 is 4.39 Å². The highest BCUT2D eigenvalue weighted by Crippen LogP contribution is 2.32. The van der Waals surface area contributed by atoms with Gasteiger partial charge >= 0.3 is 12.1 Å². The fraction of sp³-hybridized carbons (Fsp3) is 0.273. The first kappa shape index (κ1) is 36.5. The number of anilines is 1. The molecule has 3 N–H and O–H groups in total. The first-order valence-electron chi connectivity index (χ1n) is 13.8. The van der Waals surface area contributed by atoms with E-state index in [1.54, 1.807) is 13.8 Å². The number of halogens is 6. The van der Waals surface area contributed by atoms with Crippen molar-refractivity contribution in [1.82, 2.24) is 5.32 Å². The lowest BCUT2D eigenvalue weighted by Crippen LogP contribution is -2.45. The first-order valence-corrected chi connectivity index (χ1v) is 14.2. The Morgan fingerprint density at radius 1 is 1.02 bits per heavy atom. The van der Waals surface area contributed by atoms with Crippen LogP contribution in [0.3, 0.4) is 0 Å². The number of aliphatic carboxylic acids is 1. The molecule has 1 atom stereocenters. The molecular formula is C33H28ClF5N2O6. The van der Waals surface area contributed by atoms with E-state index in [0.29, 0.717) is 12.1 Å². The zero-order valence-corrected chi connectivity index (χ0v) is 26.1. The maximum Gasteiger partial charge on any atom is 0.416 e. The van der Waals surface area contributed by atoms with Crippen molar-refractivity contribution in [2.24, 2.45) is 5.92 Å². The van der Waals surface area contributed by atoms with E-state index < -0.39 is 70.6 Å². The number of carbonyl (C=O) groups is 4. The Bertz CT molecular complexity index is 1800. The van der Waals surface area contributed by atoms with Gasteiger partial charge in [0.2, 0.25) is 5.91 Å². The van der Waals surface area contributed by atoms with Gasteiger partial charge in [0.05, 0.1) is 28.7 Å². The molecule has 3 aromatic rings. The van der Waals surface area contributed by atoms with Crippen LogP contribution in [-0.2, 0) is 20.6 Å². The third kappa shape index (κ3) is 10.0. The molecule has 0 aliphatic carbocycles. The number of amides is 2. The van der Waals surface area contributed by atoms with E-state index in [-0.39, 0.29) is 45.6 Å². The number of ether oxygens (including phenoxy) is 1. The lowest BCUT2D eigenvalue weighted by Gasteiger charge is -2.22. The Balaban J connectivity index is 1.73.